The number of hydrogen-bond acceptors (Lipinski definition) is 0. The minimum Gasteiger partial charge on any atom is -0.166 e. The first kappa shape index (κ1) is 16.4. The third-order valence-electron chi connectivity index (χ3n) is 4.84. The van der Waals surface area contributed by atoms with E-state index in [2.05, 4.69) is 13.8 Å². The highest BCUT2D eigenvalue weighted by molar-refractivity contribution is 5.31. The predicted molar refractivity (Wildman–Crippen MR) is 80.3 cm³/mol. The topological polar surface area (TPSA) is 0 Å². The summed E-state index contributed by atoms with van der Waals surface area (Å²) in [6, 6.07) is 5.94. The number of rotatable bonds is 4. The third-order valence-corrected chi connectivity index (χ3v) is 4.84. The molecule has 0 atom stereocenters. The van der Waals surface area contributed by atoms with Crippen molar-refractivity contribution < 1.29 is 13.2 Å². The molecule has 0 aromatic heterocycles. The van der Waals surface area contributed by atoms with E-state index in [4.69, 9.17) is 0 Å². The van der Waals surface area contributed by atoms with Gasteiger partial charge in [0.05, 0.1) is 5.56 Å². The Bertz CT molecular complexity index is 437. The fourth-order valence-electron chi connectivity index (χ4n) is 3.49. The summed E-state index contributed by atoms with van der Waals surface area (Å²) >= 11 is 0. The molecule has 1 aromatic carbocycles. The molecule has 0 heterocycles. The Labute approximate surface area is 125 Å². The van der Waals surface area contributed by atoms with E-state index in [1.54, 1.807) is 12.1 Å². The summed E-state index contributed by atoms with van der Waals surface area (Å²) in [6.45, 7) is 4.42. The van der Waals surface area contributed by atoms with Crippen molar-refractivity contribution in [2.24, 2.45) is 5.92 Å². The number of hydrogen-bond donors (Lipinski definition) is 0. The number of alkyl halides is 3. The van der Waals surface area contributed by atoms with Crippen LogP contribution in [-0.4, -0.2) is 0 Å². The molecule has 2 rings (SSSR count). The van der Waals surface area contributed by atoms with Crippen LogP contribution < -0.4 is 0 Å². The van der Waals surface area contributed by atoms with Gasteiger partial charge < -0.3 is 0 Å². The lowest BCUT2D eigenvalue weighted by Crippen LogP contribution is -2.29. The minimum atomic E-state index is -4.24. The molecule has 3 heteroatoms. The van der Waals surface area contributed by atoms with E-state index in [0.29, 0.717) is 5.92 Å². The van der Waals surface area contributed by atoms with Gasteiger partial charge in [0.15, 0.2) is 0 Å². The highest BCUT2D eigenvalue weighted by Gasteiger charge is 2.35. The molecule has 0 bridgehead atoms. The Morgan fingerprint density at radius 1 is 1.00 bits per heavy atom. The average molecular weight is 298 g/mol. The van der Waals surface area contributed by atoms with Gasteiger partial charge in [0.25, 0.3) is 0 Å². The van der Waals surface area contributed by atoms with E-state index in [1.165, 1.54) is 31.4 Å². The number of benzene rings is 1. The van der Waals surface area contributed by atoms with Crippen molar-refractivity contribution in [3.8, 4) is 0 Å². The molecule has 1 aromatic rings. The van der Waals surface area contributed by atoms with E-state index in [9.17, 15) is 13.2 Å². The van der Waals surface area contributed by atoms with Gasteiger partial charge in [-0.2, -0.15) is 13.2 Å². The molecule has 1 saturated carbocycles. The molecule has 1 aliphatic rings. The monoisotopic (exact) mass is 298 g/mol. The SMILES string of the molecule is CC(C)CCC1(c2ccc(C(F)(F)F)cc2)CCCCC1. The fourth-order valence-corrected chi connectivity index (χ4v) is 3.49. The molecule has 1 aliphatic carbocycles. The Morgan fingerprint density at radius 2 is 1.57 bits per heavy atom. The third kappa shape index (κ3) is 4.02. The second-order valence-electron chi connectivity index (χ2n) is 6.85. The van der Waals surface area contributed by atoms with E-state index < -0.39 is 11.7 Å². The van der Waals surface area contributed by atoms with Crippen LogP contribution in [0, 0.1) is 5.92 Å². The maximum absolute atomic E-state index is 12.7. The van der Waals surface area contributed by atoms with Gasteiger partial charge in [-0.25, -0.2) is 0 Å². The normalized spacial score (nSPS) is 19.0. The summed E-state index contributed by atoms with van der Waals surface area (Å²) in [6.07, 6.45) is 3.87. The molecule has 1 fully saturated rings. The zero-order valence-corrected chi connectivity index (χ0v) is 13.0. The maximum atomic E-state index is 12.7. The molecule has 118 valence electrons. The lowest BCUT2D eigenvalue weighted by Gasteiger charge is -2.39. The average Bonchev–Trinajstić information content (AvgIpc) is 2.45. The largest absolute Gasteiger partial charge is 0.416 e. The molecular formula is C18H25F3. The van der Waals surface area contributed by atoms with Gasteiger partial charge >= 0.3 is 6.18 Å². The van der Waals surface area contributed by atoms with Gasteiger partial charge in [-0.3, -0.25) is 0 Å². The van der Waals surface area contributed by atoms with Gasteiger partial charge in [0, 0.05) is 0 Å². The summed E-state index contributed by atoms with van der Waals surface area (Å²) in [4.78, 5) is 0. The molecule has 0 spiro atoms. The van der Waals surface area contributed by atoms with Gasteiger partial charge in [-0.1, -0.05) is 51.7 Å². The molecule has 0 unspecified atom stereocenters. The van der Waals surface area contributed by atoms with Gasteiger partial charge in [0.1, 0.15) is 0 Å². The van der Waals surface area contributed by atoms with E-state index in [0.717, 1.165) is 31.2 Å². The van der Waals surface area contributed by atoms with Crippen molar-refractivity contribution in [1.29, 1.82) is 0 Å². The van der Waals surface area contributed by atoms with Crippen LogP contribution in [0.3, 0.4) is 0 Å². The molecule has 0 aliphatic heterocycles. The summed E-state index contributed by atoms with van der Waals surface area (Å²) < 4.78 is 38.1. The Morgan fingerprint density at radius 3 is 2.05 bits per heavy atom. The standard InChI is InChI=1S/C18H25F3/c1-14(2)10-13-17(11-4-3-5-12-17)15-6-8-16(9-7-15)18(19,20)21/h6-9,14H,3-5,10-13H2,1-2H3. The molecule has 0 radical (unpaired) electrons. The second kappa shape index (κ2) is 6.41. The summed E-state index contributed by atoms with van der Waals surface area (Å²) in [5.74, 6) is 0.637. The number of halogens is 3. The Balaban J connectivity index is 2.24. The summed E-state index contributed by atoms with van der Waals surface area (Å²) in [5, 5.41) is 0. The molecule has 0 saturated heterocycles. The zero-order chi connectivity index (χ0) is 15.5. The van der Waals surface area contributed by atoms with Crippen LogP contribution in [-0.2, 0) is 11.6 Å². The second-order valence-corrected chi connectivity index (χ2v) is 6.85. The Hall–Kier alpha value is -0.990. The van der Waals surface area contributed by atoms with Crippen LogP contribution in [0.2, 0.25) is 0 Å². The van der Waals surface area contributed by atoms with Crippen molar-refractivity contribution >= 4 is 0 Å². The Kier molecular flexibility index (Phi) is 5.00. The molecule has 0 N–H and O–H groups in total. The van der Waals surface area contributed by atoms with Gasteiger partial charge in [-0.05, 0) is 48.3 Å². The van der Waals surface area contributed by atoms with E-state index in [1.807, 2.05) is 0 Å². The van der Waals surface area contributed by atoms with Crippen LogP contribution in [0.1, 0.15) is 69.9 Å². The van der Waals surface area contributed by atoms with Crippen LogP contribution in [0.25, 0.3) is 0 Å². The van der Waals surface area contributed by atoms with Gasteiger partial charge in [0.2, 0.25) is 0 Å². The van der Waals surface area contributed by atoms with E-state index >= 15 is 0 Å². The summed E-state index contributed by atoms with van der Waals surface area (Å²) in [5.41, 5.74) is 0.670. The van der Waals surface area contributed by atoms with Crippen LogP contribution in [0.15, 0.2) is 24.3 Å². The van der Waals surface area contributed by atoms with Gasteiger partial charge in [-0.15, -0.1) is 0 Å². The fraction of sp³-hybridized carbons (Fsp3) is 0.667. The van der Waals surface area contributed by atoms with Crippen molar-refractivity contribution in [1.82, 2.24) is 0 Å². The lowest BCUT2D eigenvalue weighted by molar-refractivity contribution is -0.137. The van der Waals surface area contributed by atoms with Crippen molar-refractivity contribution in [2.45, 2.75) is 70.4 Å². The quantitative estimate of drug-likeness (QED) is 0.608. The lowest BCUT2D eigenvalue weighted by atomic mass is 9.66. The smallest absolute Gasteiger partial charge is 0.166 e. The summed E-state index contributed by atoms with van der Waals surface area (Å²) in [7, 11) is 0. The van der Waals surface area contributed by atoms with Crippen molar-refractivity contribution in [3.05, 3.63) is 35.4 Å². The van der Waals surface area contributed by atoms with Crippen molar-refractivity contribution in [2.75, 3.05) is 0 Å². The molecule has 21 heavy (non-hydrogen) atoms. The first-order valence-electron chi connectivity index (χ1n) is 8.01. The zero-order valence-electron chi connectivity index (χ0n) is 13.0. The van der Waals surface area contributed by atoms with Crippen LogP contribution in [0.5, 0.6) is 0 Å². The molecule has 0 amide bonds. The maximum Gasteiger partial charge on any atom is 0.416 e. The predicted octanol–water partition coefficient (Wildman–Crippen LogP) is 6.34. The highest BCUT2D eigenvalue weighted by atomic mass is 19.4. The minimum absolute atomic E-state index is 0.104. The van der Waals surface area contributed by atoms with Crippen LogP contribution >= 0.6 is 0 Å². The highest BCUT2D eigenvalue weighted by Crippen LogP contribution is 2.44. The first-order valence-corrected chi connectivity index (χ1v) is 8.01. The first-order chi connectivity index (χ1) is 9.83. The van der Waals surface area contributed by atoms with Crippen molar-refractivity contribution in [3.63, 3.8) is 0 Å². The van der Waals surface area contributed by atoms with Crippen LogP contribution in [0.4, 0.5) is 13.2 Å². The van der Waals surface area contributed by atoms with E-state index in [-0.39, 0.29) is 5.41 Å². The molecule has 0 nitrogen and oxygen atoms in total. The molecular weight excluding hydrogens is 273 g/mol.